The number of aromatic amines is 1. The number of carboxylic acids is 1. The molecule has 12 rings (SSSR count). The lowest BCUT2D eigenvalue weighted by atomic mass is 9.55. The average Bonchev–Trinajstić information content (AvgIpc) is 4.15. The first-order valence-corrected chi connectivity index (χ1v) is 25.5. The second-order valence-corrected chi connectivity index (χ2v) is 21.9. The summed E-state index contributed by atoms with van der Waals surface area (Å²) in [6.07, 6.45) is 7.10. The van der Waals surface area contributed by atoms with Crippen LogP contribution >= 0.6 is 0 Å². The maximum atomic E-state index is 14.2. The fraction of sp³-hybridized carbons (Fsp3) is 0.509. The molecule has 2 unspecified atom stereocenters. The van der Waals surface area contributed by atoms with E-state index in [1.165, 1.54) is 33.9 Å². The van der Waals surface area contributed by atoms with Gasteiger partial charge in [-0.2, -0.15) is 0 Å². The second-order valence-electron chi connectivity index (χ2n) is 21.9. The van der Waals surface area contributed by atoms with Gasteiger partial charge in [-0.15, -0.1) is 0 Å². The van der Waals surface area contributed by atoms with Gasteiger partial charge >= 0.3 is 11.9 Å². The number of nitrogens with one attached hydrogen (secondary N) is 2. The zero-order valence-electron chi connectivity index (χ0n) is 40.7. The van der Waals surface area contributed by atoms with Crippen LogP contribution in [0.3, 0.4) is 0 Å². The number of H-pyrrole nitrogens is 1. The quantitative estimate of drug-likeness (QED) is 0.124. The molecule has 72 heavy (non-hydrogen) atoms. The lowest BCUT2D eigenvalue weighted by Crippen LogP contribution is -2.71. The second kappa shape index (κ2) is 17.8. The van der Waals surface area contributed by atoms with E-state index in [1.54, 1.807) is 11.0 Å². The fourth-order valence-corrected chi connectivity index (χ4v) is 14.3. The molecule has 4 aliphatic carbocycles. The molecule has 0 bridgehead atoms. The standard InChI is InChI=1S/C33H35N5O5.C22H28O7/c1-32(35-29(39)21-15-23-22-10-6-11-24-28(22)20(17-34-24)16-25(23)36(2)18-21)31(41)38-26(14-19-8-4-3-5-9-19)30(40)37-13-7-12-27(37)33(38,42)43-32;1-22-9-8-14-13-5-3-12(23)10-11(13)2-4-15(14)16(22)6-7-17(22)29-21(28)19(25)18(24)20(26)27/h3-6,8-11,15,17,21,25-27,34,42H,7,12-14,16,18H2,1-2H3,(H,35,39);3,5,10,14-19,23-25H,2,4,6-9H2,1H3,(H,26,27)/t21-,25-,26+,27+,32-,33+;14-,15-,16+,17+,18?,19?,22+/m11/s1. The van der Waals surface area contributed by atoms with Crippen LogP contribution < -0.4 is 5.32 Å². The number of aliphatic hydroxyl groups is 3. The number of likely N-dealkylation sites (N-methyl/N-ethyl adjacent to an activating group) is 1. The Bertz CT molecular complexity index is 2890. The maximum absolute atomic E-state index is 14.2. The van der Waals surface area contributed by atoms with Crippen molar-refractivity contribution in [3.63, 3.8) is 0 Å². The van der Waals surface area contributed by atoms with Crippen LogP contribution in [-0.4, -0.2) is 143 Å². The lowest BCUT2D eigenvalue weighted by molar-refractivity contribution is -0.315. The van der Waals surface area contributed by atoms with E-state index in [0.29, 0.717) is 55.9 Å². The number of rotatable bonds is 8. The number of nitrogens with zero attached hydrogens (tertiary/aromatic N) is 3. The van der Waals surface area contributed by atoms with Gasteiger partial charge in [0.1, 0.15) is 23.9 Å². The number of benzene rings is 3. The number of phenolic OH excluding ortho intramolecular Hbond substituents is 1. The topological polar surface area (TPSA) is 242 Å². The zero-order chi connectivity index (χ0) is 50.6. The first-order valence-electron chi connectivity index (χ1n) is 25.5. The predicted molar refractivity (Wildman–Crippen MR) is 260 cm³/mol. The molecule has 0 spiro atoms. The number of aryl methyl sites for hydroxylation is 1. The summed E-state index contributed by atoms with van der Waals surface area (Å²) in [6.45, 7) is 4.58. The first kappa shape index (κ1) is 48.2. The molecule has 3 aromatic carbocycles. The Labute approximate surface area is 416 Å². The molecular formula is C55H63N5O12. The molecular weight excluding hydrogens is 923 g/mol. The number of aliphatic carboxylic acids is 1. The van der Waals surface area contributed by atoms with Crippen molar-refractivity contribution in [2.45, 2.75) is 132 Å². The number of fused-ring (bicyclic) bond motifs is 10. The largest absolute Gasteiger partial charge is 0.508 e. The lowest BCUT2D eigenvalue weighted by Gasteiger charge is -2.50. The number of hydrogen-bond donors (Lipinski definition) is 7. The van der Waals surface area contributed by atoms with Crippen LogP contribution in [0.2, 0.25) is 0 Å². The van der Waals surface area contributed by atoms with Crippen LogP contribution in [0.15, 0.2) is 79.0 Å². The molecule has 17 heteroatoms. The van der Waals surface area contributed by atoms with Gasteiger partial charge in [-0.1, -0.05) is 61.5 Å². The third kappa shape index (κ3) is 7.72. The Kier molecular flexibility index (Phi) is 11.9. The molecule has 5 fully saturated rings. The number of aromatic hydroxyl groups is 1. The summed E-state index contributed by atoms with van der Waals surface area (Å²) in [4.78, 5) is 73.3. The Balaban J connectivity index is 0.000000169. The number of aromatic nitrogens is 1. The van der Waals surface area contributed by atoms with E-state index in [1.807, 2.05) is 61.7 Å². The van der Waals surface area contributed by atoms with Crippen molar-refractivity contribution in [2.24, 2.45) is 23.2 Å². The Hall–Kier alpha value is -6.11. The van der Waals surface area contributed by atoms with Gasteiger partial charge in [0.2, 0.25) is 17.5 Å². The van der Waals surface area contributed by atoms with Crippen LogP contribution in [0.4, 0.5) is 0 Å². The SMILES string of the molecule is CN1C[C@H](C(=O)N[C@]2(C)O[C@@]3(O)[C@@H]4CCCN4C(=O)[C@H](Cc4ccccc4)N3C2=O)C=C2c3cccc4[nH]cc(c34)C[C@H]21.C[C@]12CC[C@@H]3c4ccc(O)cc4CC[C@H]3[C@@H]1CC[C@@H]2OC(=O)C(O)C(O)C(=O)O. The number of hydrogen-bond acceptors (Lipinski definition) is 12. The summed E-state index contributed by atoms with van der Waals surface area (Å²) >= 11 is 0. The number of amides is 3. The van der Waals surface area contributed by atoms with Crippen LogP contribution in [0.1, 0.15) is 92.5 Å². The molecule has 8 aliphatic rings. The van der Waals surface area contributed by atoms with Crippen LogP contribution in [0.25, 0.3) is 16.5 Å². The molecule has 1 aromatic heterocycles. The molecule has 380 valence electrons. The molecule has 4 aromatic rings. The number of ether oxygens (including phenoxy) is 2. The molecule has 0 radical (unpaired) electrons. The highest BCUT2D eigenvalue weighted by Gasteiger charge is 2.70. The minimum Gasteiger partial charge on any atom is -0.508 e. The van der Waals surface area contributed by atoms with Crippen molar-refractivity contribution in [3.05, 3.63) is 107 Å². The van der Waals surface area contributed by atoms with Crippen molar-refractivity contribution < 1.29 is 59.0 Å². The van der Waals surface area contributed by atoms with E-state index in [9.17, 15) is 44.4 Å². The van der Waals surface area contributed by atoms with Gasteiger partial charge in [-0.3, -0.25) is 28.9 Å². The van der Waals surface area contributed by atoms with Gasteiger partial charge in [-0.25, -0.2) is 9.59 Å². The third-order valence-corrected chi connectivity index (χ3v) is 17.8. The highest BCUT2D eigenvalue weighted by Crippen LogP contribution is 2.62. The van der Waals surface area contributed by atoms with Gasteiger partial charge in [0, 0.05) is 48.1 Å². The van der Waals surface area contributed by atoms with E-state index in [4.69, 9.17) is 14.6 Å². The first-order chi connectivity index (χ1) is 34.4. The van der Waals surface area contributed by atoms with Gasteiger partial charge in [-0.05, 0) is 141 Å². The zero-order valence-corrected chi connectivity index (χ0v) is 40.7. The van der Waals surface area contributed by atoms with Crippen molar-refractivity contribution in [2.75, 3.05) is 20.1 Å². The number of carboxylic acid groups (broad SMARTS) is 1. The smallest absolute Gasteiger partial charge is 0.338 e. The predicted octanol–water partition coefficient (Wildman–Crippen LogP) is 3.96. The number of carbonyl (C=O) groups is 5. The summed E-state index contributed by atoms with van der Waals surface area (Å²) < 4.78 is 11.8. The fourth-order valence-electron chi connectivity index (χ4n) is 14.3. The van der Waals surface area contributed by atoms with Crippen molar-refractivity contribution in [1.82, 2.24) is 25.0 Å². The van der Waals surface area contributed by atoms with Gasteiger partial charge in [0.25, 0.3) is 11.8 Å². The van der Waals surface area contributed by atoms with Gasteiger partial charge < -0.3 is 45.5 Å². The molecule has 17 nitrogen and oxygen atoms in total. The Morgan fingerprint density at radius 1 is 0.958 bits per heavy atom. The molecule has 3 saturated heterocycles. The van der Waals surface area contributed by atoms with Crippen LogP contribution in [0.5, 0.6) is 5.75 Å². The third-order valence-electron chi connectivity index (χ3n) is 17.8. The number of esters is 1. The summed E-state index contributed by atoms with van der Waals surface area (Å²) in [6, 6.07) is 19.8. The molecule has 3 amide bonds. The number of phenols is 1. The van der Waals surface area contributed by atoms with Crippen molar-refractivity contribution >= 4 is 46.1 Å². The molecule has 4 aliphatic heterocycles. The van der Waals surface area contributed by atoms with E-state index in [0.717, 1.165) is 60.7 Å². The van der Waals surface area contributed by atoms with Crippen LogP contribution in [-0.2, 0) is 52.7 Å². The maximum Gasteiger partial charge on any atom is 0.338 e. The van der Waals surface area contributed by atoms with Gasteiger partial charge in [0.15, 0.2) is 12.2 Å². The van der Waals surface area contributed by atoms with Gasteiger partial charge in [0.05, 0.1) is 5.92 Å². The van der Waals surface area contributed by atoms with E-state index in [2.05, 4.69) is 40.5 Å². The Morgan fingerprint density at radius 2 is 1.75 bits per heavy atom. The normalized spacial score (nSPS) is 34.0. The minimum absolute atomic E-state index is 0.144. The summed E-state index contributed by atoms with van der Waals surface area (Å²) in [5, 5.41) is 53.9. The van der Waals surface area contributed by atoms with Crippen molar-refractivity contribution in [1.29, 1.82) is 0 Å². The minimum atomic E-state index is -2.19. The Morgan fingerprint density at radius 3 is 2.53 bits per heavy atom. The number of aliphatic hydroxyl groups excluding tert-OH is 2. The van der Waals surface area contributed by atoms with Crippen molar-refractivity contribution in [3.8, 4) is 5.75 Å². The highest BCUT2D eigenvalue weighted by molar-refractivity contribution is 6.01. The molecule has 2 saturated carbocycles. The average molecular weight is 986 g/mol. The molecule has 7 N–H and O–H groups in total. The summed E-state index contributed by atoms with van der Waals surface area (Å²) in [7, 11) is 2.02. The van der Waals surface area contributed by atoms with E-state index >= 15 is 0 Å². The number of carbonyl (C=O) groups excluding carboxylic acids is 4. The van der Waals surface area contributed by atoms with Crippen LogP contribution in [0, 0.1) is 23.2 Å². The monoisotopic (exact) mass is 985 g/mol. The van der Waals surface area contributed by atoms with E-state index < -0.39 is 65.8 Å². The molecule has 5 heterocycles. The summed E-state index contributed by atoms with van der Waals surface area (Å²) in [5.74, 6) is -4.90. The molecule has 13 atom stereocenters. The highest BCUT2D eigenvalue weighted by atomic mass is 16.7. The number of piperazine rings is 1. The van der Waals surface area contributed by atoms with E-state index in [-0.39, 0.29) is 29.7 Å². The summed E-state index contributed by atoms with van der Waals surface area (Å²) in [5.41, 5.74) is 5.90.